The van der Waals surface area contributed by atoms with Gasteiger partial charge in [0.25, 0.3) is 0 Å². The Kier molecular flexibility index (Phi) is 3.70. The number of rotatable bonds is 4. The van der Waals surface area contributed by atoms with Gasteiger partial charge in [0, 0.05) is 31.1 Å². The van der Waals surface area contributed by atoms with Gasteiger partial charge in [-0.3, -0.25) is 4.98 Å². The van der Waals surface area contributed by atoms with Crippen molar-refractivity contribution in [3.63, 3.8) is 0 Å². The molecule has 1 aromatic carbocycles. The van der Waals surface area contributed by atoms with Crippen molar-refractivity contribution in [2.24, 2.45) is 0 Å². The van der Waals surface area contributed by atoms with Gasteiger partial charge in [-0.05, 0) is 30.3 Å². The van der Waals surface area contributed by atoms with E-state index >= 15 is 0 Å². The third-order valence-electron chi connectivity index (χ3n) is 3.39. The van der Waals surface area contributed by atoms with Crippen LogP contribution < -0.4 is 4.74 Å². The van der Waals surface area contributed by atoms with Crippen LogP contribution in [0.5, 0.6) is 5.75 Å². The number of nitrogens with zero attached hydrogens (tertiary/aromatic N) is 2. The molecule has 0 saturated carbocycles. The summed E-state index contributed by atoms with van der Waals surface area (Å²) < 4.78 is 21.3. The lowest BCUT2D eigenvalue weighted by molar-refractivity contribution is 0.387. The zero-order chi connectivity index (χ0) is 14.8. The normalized spacial score (nSPS) is 11.0. The van der Waals surface area contributed by atoms with Crippen molar-refractivity contribution in [1.29, 1.82) is 0 Å². The molecule has 1 N–H and O–H groups in total. The molecule has 0 radical (unpaired) electrons. The zero-order valence-electron chi connectivity index (χ0n) is 11.5. The van der Waals surface area contributed by atoms with Crippen molar-refractivity contribution in [2.75, 3.05) is 7.11 Å². The number of hydrogen-bond acceptors (Lipinski definition) is 3. The molecule has 3 rings (SSSR count). The van der Waals surface area contributed by atoms with Gasteiger partial charge in [0.2, 0.25) is 0 Å². The average molecular weight is 303 g/mol. The topological polar surface area (TPSA) is 42.8 Å². The minimum absolute atomic E-state index is 0.214. The van der Waals surface area contributed by atoms with Crippen molar-refractivity contribution in [1.82, 2.24) is 14.5 Å². The molecule has 0 bridgehead atoms. The van der Waals surface area contributed by atoms with Gasteiger partial charge in [-0.25, -0.2) is 4.39 Å². The lowest BCUT2D eigenvalue weighted by atomic mass is 10.2. The summed E-state index contributed by atoms with van der Waals surface area (Å²) in [6.45, 7) is 0.694. The summed E-state index contributed by atoms with van der Waals surface area (Å²) in [5.41, 5.74) is 2.63. The maximum Gasteiger partial charge on any atom is 0.178 e. The van der Waals surface area contributed by atoms with E-state index in [2.05, 4.69) is 9.97 Å². The number of benzene rings is 1. The predicted octanol–water partition coefficient (Wildman–Crippen LogP) is 3.48. The van der Waals surface area contributed by atoms with E-state index in [1.807, 2.05) is 22.9 Å². The second-order valence-electron chi connectivity index (χ2n) is 4.70. The first kappa shape index (κ1) is 13.8. The maximum atomic E-state index is 13.7. The maximum absolute atomic E-state index is 13.7. The molecule has 0 atom stereocenters. The van der Waals surface area contributed by atoms with Gasteiger partial charge < -0.3 is 14.3 Å². The van der Waals surface area contributed by atoms with Crippen LogP contribution in [0.1, 0.15) is 5.56 Å². The Morgan fingerprint density at radius 1 is 1.43 bits per heavy atom. The minimum Gasteiger partial charge on any atom is -0.494 e. The Morgan fingerprint density at radius 2 is 2.29 bits per heavy atom. The van der Waals surface area contributed by atoms with Crippen molar-refractivity contribution >= 4 is 23.3 Å². The molecule has 2 heterocycles. The summed E-state index contributed by atoms with van der Waals surface area (Å²) in [5.74, 6) is -0.188. The number of halogens is 1. The molecule has 3 aromatic rings. The fourth-order valence-corrected chi connectivity index (χ4v) is 2.62. The number of methoxy groups -OCH3 is 1. The number of nitrogens with one attached hydrogen (secondary N) is 1. The first-order valence-electron chi connectivity index (χ1n) is 6.54. The van der Waals surface area contributed by atoms with Crippen LogP contribution in [0.4, 0.5) is 4.39 Å². The van der Waals surface area contributed by atoms with Gasteiger partial charge in [0.1, 0.15) is 0 Å². The van der Waals surface area contributed by atoms with Gasteiger partial charge in [-0.1, -0.05) is 6.07 Å². The number of pyridine rings is 1. The molecule has 0 unspecified atom stereocenters. The van der Waals surface area contributed by atoms with Crippen LogP contribution in [0.3, 0.4) is 0 Å². The quantitative estimate of drug-likeness (QED) is 0.750. The standard InChI is InChI=1S/C15H14FN3OS/c1-20-14-8-13-12(7-11(14)16)18-15(21)19(13)6-4-10-3-2-5-17-9-10/h2-3,5,7-9H,4,6H2,1H3,(H,18,21). The first-order chi connectivity index (χ1) is 10.2. The molecular weight excluding hydrogens is 289 g/mol. The average Bonchev–Trinajstić information content (AvgIpc) is 2.79. The van der Waals surface area contributed by atoms with E-state index in [-0.39, 0.29) is 5.75 Å². The Bertz CT molecular complexity index is 826. The molecule has 0 spiro atoms. The van der Waals surface area contributed by atoms with Crippen LogP contribution in [0.15, 0.2) is 36.7 Å². The molecular formula is C15H14FN3OS. The molecule has 0 aliphatic rings. The molecule has 108 valence electrons. The highest BCUT2D eigenvalue weighted by Gasteiger charge is 2.10. The van der Waals surface area contributed by atoms with Crippen LogP contribution in [0, 0.1) is 10.6 Å². The summed E-state index contributed by atoms with van der Waals surface area (Å²) >= 11 is 5.32. The Balaban J connectivity index is 1.98. The van der Waals surface area contributed by atoms with Gasteiger partial charge in [0.05, 0.1) is 18.1 Å². The SMILES string of the molecule is COc1cc2c(cc1F)[nH]c(=S)n2CCc1cccnc1. The van der Waals surface area contributed by atoms with Crippen LogP contribution in [0.2, 0.25) is 0 Å². The van der Waals surface area contributed by atoms with Crippen LogP contribution in [0.25, 0.3) is 11.0 Å². The van der Waals surface area contributed by atoms with Crippen molar-refractivity contribution in [3.8, 4) is 5.75 Å². The largest absolute Gasteiger partial charge is 0.494 e. The fraction of sp³-hybridized carbons (Fsp3) is 0.200. The molecule has 0 fully saturated rings. The molecule has 4 nitrogen and oxygen atoms in total. The van der Waals surface area contributed by atoms with E-state index in [0.717, 1.165) is 17.5 Å². The number of hydrogen-bond donors (Lipinski definition) is 1. The Morgan fingerprint density at radius 3 is 3.00 bits per heavy atom. The van der Waals surface area contributed by atoms with Crippen LogP contribution in [-0.2, 0) is 13.0 Å². The van der Waals surface area contributed by atoms with Gasteiger partial charge in [0.15, 0.2) is 16.3 Å². The third kappa shape index (κ3) is 2.67. The second-order valence-corrected chi connectivity index (χ2v) is 5.08. The summed E-state index contributed by atoms with van der Waals surface area (Å²) in [4.78, 5) is 7.12. The number of imidazole rings is 1. The van der Waals surface area contributed by atoms with E-state index in [1.165, 1.54) is 13.2 Å². The Labute approximate surface area is 126 Å². The highest BCUT2D eigenvalue weighted by Crippen LogP contribution is 2.24. The number of aromatic amines is 1. The number of fused-ring (bicyclic) bond motifs is 1. The van der Waals surface area contributed by atoms with Gasteiger partial charge in [-0.2, -0.15) is 0 Å². The molecule has 21 heavy (non-hydrogen) atoms. The van der Waals surface area contributed by atoms with Crippen molar-refractivity contribution in [2.45, 2.75) is 13.0 Å². The smallest absolute Gasteiger partial charge is 0.178 e. The second kappa shape index (κ2) is 5.65. The first-order valence-corrected chi connectivity index (χ1v) is 6.95. The highest BCUT2D eigenvalue weighted by molar-refractivity contribution is 7.71. The Hall–Kier alpha value is -2.21. The highest BCUT2D eigenvalue weighted by atomic mass is 32.1. The van der Waals surface area contributed by atoms with E-state index in [9.17, 15) is 4.39 Å². The van der Waals surface area contributed by atoms with E-state index < -0.39 is 5.82 Å². The summed E-state index contributed by atoms with van der Waals surface area (Å²) in [7, 11) is 1.45. The van der Waals surface area contributed by atoms with Crippen LogP contribution in [-0.4, -0.2) is 21.6 Å². The number of aromatic nitrogens is 3. The number of aryl methyl sites for hydroxylation is 2. The predicted molar refractivity (Wildman–Crippen MR) is 81.6 cm³/mol. The van der Waals surface area contributed by atoms with Crippen LogP contribution >= 0.6 is 12.2 Å². The number of H-pyrrole nitrogens is 1. The molecule has 0 saturated heterocycles. The molecule has 0 amide bonds. The summed E-state index contributed by atoms with van der Waals surface area (Å²) in [6.07, 6.45) is 4.38. The third-order valence-corrected chi connectivity index (χ3v) is 3.72. The summed E-state index contributed by atoms with van der Waals surface area (Å²) in [5, 5.41) is 0. The minimum atomic E-state index is -0.402. The zero-order valence-corrected chi connectivity index (χ0v) is 12.3. The molecule has 2 aromatic heterocycles. The molecule has 6 heteroatoms. The van der Waals surface area contributed by atoms with Gasteiger partial charge in [-0.15, -0.1) is 0 Å². The van der Waals surface area contributed by atoms with E-state index in [0.29, 0.717) is 16.8 Å². The van der Waals surface area contributed by atoms with Gasteiger partial charge >= 0.3 is 0 Å². The lowest BCUT2D eigenvalue weighted by Crippen LogP contribution is -2.02. The molecule has 0 aliphatic carbocycles. The van der Waals surface area contributed by atoms with Crippen molar-refractivity contribution < 1.29 is 9.13 Å². The monoisotopic (exact) mass is 303 g/mol. The van der Waals surface area contributed by atoms with Crippen molar-refractivity contribution in [3.05, 3.63) is 52.8 Å². The van der Waals surface area contributed by atoms with E-state index in [1.54, 1.807) is 12.3 Å². The molecule has 0 aliphatic heterocycles. The van der Waals surface area contributed by atoms with E-state index in [4.69, 9.17) is 17.0 Å². The summed E-state index contributed by atoms with van der Waals surface area (Å²) in [6, 6.07) is 7.00. The lowest BCUT2D eigenvalue weighted by Gasteiger charge is -2.06. The number of ether oxygens (including phenoxy) is 1. The fourth-order valence-electron chi connectivity index (χ4n) is 2.32.